The molecule has 0 radical (unpaired) electrons. The van der Waals surface area contributed by atoms with Crippen LogP contribution in [0.4, 0.5) is 4.39 Å². The highest BCUT2D eigenvalue weighted by molar-refractivity contribution is 5.16. The summed E-state index contributed by atoms with van der Waals surface area (Å²) in [5, 5.41) is 0. The summed E-state index contributed by atoms with van der Waals surface area (Å²) in [7, 11) is 1.81. The van der Waals surface area contributed by atoms with Crippen molar-refractivity contribution in [2.24, 2.45) is 11.3 Å². The second-order valence-corrected chi connectivity index (χ2v) is 8.17. The minimum absolute atomic E-state index is 0.165. The Kier molecular flexibility index (Phi) is 5.62. The molecule has 2 fully saturated rings. The summed E-state index contributed by atoms with van der Waals surface area (Å²) in [4.78, 5) is 5.02. The Morgan fingerprint density at radius 2 is 1.89 bits per heavy atom. The van der Waals surface area contributed by atoms with Crippen molar-refractivity contribution in [2.75, 3.05) is 39.9 Å². The summed E-state index contributed by atoms with van der Waals surface area (Å²) in [6.07, 6.45) is 4.13. The molecule has 146 valence electrons. The maximum absolute atomic E-state index is 13.1. The van der Waals surface area contributed by atoms with Crippen LogP contribution in [-0.4, -0.2) is 49.7 Å². The van der Waals surface area contributed by atoms with Gasteiger partial charge in [0.1, 0.15) is 11.6 Å². The van der Waals surface area contributed by atoms with Gasteiger partial charge < -0.3 is 9.15 Å². The molecule has 1 aromatic carbocycles. The predicted octanol–water partition coefficient (Wildman–Crippen LogP) is 3.78. The number of piperidine rings is 1. The highest BCUT2D eigenvalue weighted by Crippen LogP contribution is 2.45. The number of methoxy groups -OCH3 is 1. The van der Waals surface area contributed by atoms with Crippen LogP contribution in [0.3, 0.4) is 0 Å². The Bertz CT molecular complexity index is 708. The molecule has 2 aliphatic rings. The van der Waals surface area contributed by atoms with Gasteiger partial charge >= 0.3 is 0 Å². The summed E-state index contributed by atoms with van der Waals surface area (Å²) < 4.78 is 24.2. The van der Waals surface area contributed by atoms with Gasteiger partial charge in [0.15, 0.2) is 0 Å². The van der Waals surface area contributed by atoms with Crippen molar-refractivity contribution >= 4 is 0 Å². The lowest BCUT2D eigenvalue weighted by atomic mass is 9.71. The Morgan fingerprint density at radius 1 is 1.11 bits per heavy atom. The van der Waals surface area contributed by atoms with E-state index in [9.17, 15) is 4.39 Å². The van der Waals surface area contributed by atoms with Crippen LogP contribution in [0.15, 0.2) is 47.1 Å². The van der Waals surface area contributed by atoms with Gasteiger partial charge in [0, 0.05) is 32.7 Å². The van der Waals surface area contributed by atoms with Gasteiger partial charge in [-0.3, -0.25) is 9.80 Å². The zero-order chi connectivity index (χ0) is 18.7. The summed E-state index contributed by atoms with van der Waals surface area (Å²) in [6.45, 7) is 6.99. The monoisotopic (exact) mass is 372 g/mol. The first kappa shape index (κ1) is 18.7. The zero-order valence-corrected chi connectivity index (χ0v) is 16.1. The highest BCUT2D eigenvalue weighted by Gasteiger charge is 2.47. The van der Waals surface area contributed by atoms with Crippen LogP contribution in [0.25, 0.3) is 0 Å². The van der Waals surface area contributed by atoms with Crippen molar-refractivity contribution in [1.29, 1.82) is 0 Å². The SMILES string of the molecule is COC[C@H]1CN(Cc2ccco2)CC12CCN(Cc1ccc(F)cc1)CC2. The molecule has 3 heterocycles. The van der Waals surface area contributed by atoms with E-state index in [1.807, 2.05) is 25.3 Å². The highest BCUT2D eigenvalue weighted by atomic mass is 19.1. The third kappa shape index (κ3) is 4.26. The van der Waals surface area contributed by atoms with Crippen molar-refractivity contribution in [2.45, 2.75) is 25.9 Å². The summed E-state index contributed by atoms with van der Waals surface area (Å²) in [5.41, 5.74) is 1.52. The van der Waals surface area contributed by atoms with Crippen molar-refractivity contribution in [3.8, 4) is 0 Å². The van der Waals surface area contributed by atoms with Gasteiger partial charge in [-0.15, -0.1) is 0 Å². The third-order valence-electron chi connectivity index (χ3n) is 6.38. The van der Waals surface area contributed by atoms with Crippen molar-refractivity contribution in [3.63, 3.8) is 0 Å². The number of halogens is 1. The maximum Gasteiger partial charge on any atom is 0.123 e. The molecule has 5 heteroatoms. The number of likely N-dealkylation sites (tertiary alicyclic amines) is 2. The average molecular weight is 372 g/mol. The Morgan fingerprint density at radius 3 is 2.56 bits per heavy atom. The number of furan rings is 1. The Labute approximate surface area is 160 Å². The molecular formula is C22H29FN2O2. The Balaban J connectivity index is 1.37. The molecule has 0 amide bonds. The van der Waals surface area contributed by atoms with E-state index in [1.54, 1.807) is 18.4 Å². The van der Waals surface area contributed by atoms with Crippen LogP contribution < -0.4 is 0 Å². The molecule has 4 nitrogen and oxygen atoms in total. The fourth-order valence-electron chi connectivity index (χ4n) is 4.89. The van der Waals surface area contributed by atoms with E-state index in [4.69, 9.17) is 9.15 Å². The number of hydrogen-bond acceptors (Lipinski definition) is 4. The zero-order valence-electron chi connectivity index (χ0n) is 16.1. The molecule has 1 aromatic heterocycles. The Hall–Kier alpha value is -1.69. The first-order valence-electron chi connectivity index (χ1n) is 9.87. The molecule has 0 saturated carbocycles. The predicted molar refractivity (Wildman–Crippen MR) is 103 cm³/mol. The second kappa shape index (κ2) is 8.13. The van der Waals surface area contributed by atoms with Crippen LogP contribution in [0.2, 0.25) is 0 Å². The second-order valence-electron chi connectivity index (χ2n) is 8.17. The fourth-order valence-corrected chi connectivity index (χ4v) is 4.89. The van der Waals surface area contributed by atoms with Gasteiger partial charge in [-0.2, -0.15) is 0 Å². The molecule has 1 spiro atoms. The standard InChI is InChI=1S/C22H29FN2O2/c1-26-16-19-14-25(15-21-3-2-12-27-21)17-22(19)8-10-24(11-9-22)13-18-4-6-20(23)7-5-18/h2-7,12,19H,8-11,13-17H2,1H3/t19-/m1/s1. The van der Waals surface area contributed by atoms with E-state index in [0.29, 0.717) is 11.3 Å². The van der Waals surface area contributed by atoms with Gasteiger partial charge in [-0.1, -0.05) is 12.1 Å². The van der Waals surface area contributed by atoms with Gasteiger partial charge in [0.2, 0.25) is 0 Å². The molecule has 2 aromatic rings. The summed E-state index contributed by atoms with van der Waals surface area (Å²) in [5.74, 6) is 1.45. The summed E-state index contributed by atoms with van der Waals surface area (Å²) in [6, 6.07) is 10.9. The minimum atomic E-state index is -0.165. The van der Waals surface area contributed by atoms with Gasteiger partial charge in [0.05, 0.1) is 19.4 Å². The maximum atomic E-state index is 13.1. The van der Waals surface area contributed by atoms with Gasteiger partial charge in [-0.05, 0) is 61.2 Å². The van der Waals surface area contributed by atoms with E-state index in [1.165, 1.54) is 18.4 Å². The first-order valence-corrected chi connectivity index (χ1v) is 9.87. The molecule has 0 bridgehead atoms. The molecule has 4 rings (SSSR count). The number of benzene rings is 1. The molecule has 1 atom stereocenters. The quantitative estimate of drug-likeness (QED) is 0.772. The fraction of sp³-hybridized carbons (Fsp3) is 0.545. The van der Waals surface area contributed by atoms with Crippen molar-refractivity contribution < 1.29 is 13.5 Å². The van der Waals surface area contributed by atoms with Crippen LogP contribution in [0.1, 0.15) is 24.2 Å². The number of rotatable bonds is 6. The molecule has 2 saturated heterocycles. The third-order valence-corrected chi connectivity index (χ3v) is 6.38. The van der Waals surface area contributed by atoms with E-state index in [0.717, 1.165) is 51.6 Å². The molecular weight excluding hydrogens is 343 g/mol. The van der Waals surface area contributed by atoms with Gasteiger partial charge in [-0.25, -0.2) is 4.39 Å². The average Bonchev–Trinajstić information content (AvgIpc) is 3.29. The normalized spacial score (nSPS) is 23.3. The lowest BCUT2D eigenvalue weighted by Gasteiger charge is -2.42. The van der Waals surface area contributed by atoms with E-state index < -0.39 is 0 Å². The lowest BCUT2D eigenvalue weighted by Crippen LogP contribution is -2.44. The van der Waals surface area contributed by atoms with Crippen LogP contribution in [0.5, 0.6) is 0 Å². The van der Waals surface area contributed by atoms with E-state index in [2.05, 4.69) is 15.9 Å². The van der Waals surface area contributed by atoms with Crippen LogP contribution >= 0.6 is 0 Å². The van der Waals surface area contributed by atoms with Crippen molar-refractivity contribution in [1.82, 2.24) is 9.80 Å². The molecule has 0 unspecified atom stereocenters. The number of hydrogen-bond donors (Lipinski definition) is 0. The molecule has 0 aliphatic carbocycles. The first-order chi connectivity index (χ1) is 13.2. The smallest absolute Gasteiger partial charge is 0.123 e. The number of ether oxygens (including phenoxy) is 1. The minimum Gasteiger partial charge on any atom is -0.468 e. The molecule has 2 aliphatic heterocycles. The summed E-state index contributed by atoms with van der Waals surface area (Å²) >= 11 is 0. The van der Waals surface area contributed by atoms with Crippen LogP contribution in [-0.2, 0) is 17.8 Å². The topological polar surface area (TPSA) is 28.9 Å². The molecule has 0 N–H and O–H groups in total. The van der Waals surface area contributed by atoms with Crippen molar-refractivity contribution in [3.05, 3.63) is 59.8 Å². The van der Waals surface area contributed by atoms with Gasteiger partial charge in [0.25, 0.3) is 0 Å². The van der Waals surface area contributed by atoms with E-state index >= 15 is 0 Å². The number of nitrogens with zero attached hydrogens (tertiary/aromatic N) is 2. The molecule has 27 heavy (non-hydrogen) atoms. The largest absolute Gasteiger partial charge is 0.468 e. The lowest BCUT2D eigenvalue weighted by molar-refractivity contribution is 0.0350. The van der Waals surface area contributed by atoms with Crippen LogP contribution in [0, 0.1) is 17.2 Å². The van der Waals surface area contributed by atoms with E-state index in [-0.39, 0.29) is 5.82 Å².